The van der Waals surface area contributed by atoms with Crippen LogP contribution in [0.3, 0.4) is 0 Å². The Bertz CT molecular complexity index is 476. The maximum atomic E-state index is 12.5. The van der Waals surface area contributed by atoms with E-state index in [1.54, 1.807) is 30.1 Å². The normalized spacial score (nSPS) is 22.3. The first-order chi connectivity index (χ1) is 9.04. The lowest BCUT2D eigenvalue weighted by Crippen LogP contribution is -2.41. The number of methoxy groups -OCH3 is 1. The maximum absolute atomic E-state index is 12.5. The molecule has 0 radical (unpaired) electrons. The van der Waals surface area contributed by atoms with Gasteiger partial charge in [-0.2, -0.15) is 0 Å². The number of amides is 1. The summed E-state index contributed by atoms with van der Waals surface area (Å²) in [7, 11) is 3.33. The fraction of sp³-hybridized carbons (Fsp3) is 0.500. The molecule has 0 spiro atoms. The summed E-state index contributed by atoms with van der Waals surface area (Å²) < 4.78 is 10.7. The number of nitrogens with two attached hydrogens (primary N) is 1. The molecule has 2 atom stereocenters. The van der Waals surface area contributed by atoms with Gasteiger partial charge in [0.15, 0.2) is 0 Å². The highest BCUT2D eigenvalue weighted by molar-refractivity contribution is 5.97. The molecule has 5 nitrogen and oxygen atoms in total. The van der Waals surface area contributed by atoms with Crippen LogP contribution in [0.15, 0.2) is 18.2 Å². The van der Waals surface area contributed by atoms with E-state index in [1.807, 2.05) is 6.92 Å². The van der Waals surface area contributed by atoms with Crippen molar-refractivity contribution in [2.75, 3.05) is 26.5 Å². The standard InChI is InChI=1S/C14H20N2O3/c1-9-12(6-7-19-9)16(2)14(17)11-5-4-10(15)8-13(11)18-3/h4-5,8-9,12H,6-7,15H2,1-3H3. The third-order valence-corrected chi connectivity index (χ3v) is 3.61. The number of hydrogen-bond acceptors (Lipinski definition) is 4. The Morgan fingerprint density at radius 1 is 1.53 bits per heavy atom. The minimum Gasteiger partial charge on any atom is -0.496 e. The average Bonchev–Trinajstić information content (AvgIpc) is 2.83. The smallest absolute Gasteiger partial charge is 0.257 e. The Morgan fingerprint density at radius 3 is 2.84 bits per heavy atom. The quantitative estimate of drug-likeness (QED) is 0.841. The van der Waals surface area contributed by atoms with Gasteiger partial charge in [0.05, 0.1) is 24.8 Å². The van der Waals surface area contributed by atoms with Gasteiger partial charge in [-0.3, -0.25) is 4.79 Å². The highest BCUT2D eigenvalue weighted by Crippen LogP contribution is 2.26. The second-order valence-corrected chi connectivity index (χ2v) is 4.81. The molecule has 2 unspecified atom stereocenters. The minimum absolute atomic E-state index is 0.0636. The van der Waals surface area contributed by atoms with Gasteiger partial charge in [0, 0.05) is 25.4 Å². The molecule has 0 bridgehead atoms. The van der Waals surface area contributed by atoms with Crippen molar-refractivity contribution in [2.24, 2.45) is 0 Å². The van der Waals surface area contributed by atoms with Crippen LogP contribution in [0.1, 0.15) is 23.7 Å². The summed E-state index contributed by atoms with van der Waals surface area (Å²) in [4.78, 5) is 14.2. The summed E-state index contributed by atoms with van der Waals surface area (Å²) in [5.41, 5.74) is 6.80. The van der Waals surface area contributed by atoms with E-state index < -0.39 is 0 Å². The number of hydrogen-bond donors (Lipinski definition) is 1. The third kappa shape index (κ3) is 2.66. The summed E-state index contributed by atoms with van der Waals surface area (Å²) in [6.07, 6.45) is 0.925. The summed E-state index contributed by atoms with van der Waals surface area (Å²) in [6.45, 7) is 2.68. The zero-order valence-corrected chi connectivity index (χ0v) is 11.6. The Hall–Kier alpha value is -1.75. The molecule has 5 heteroatoms. The van der Waals surface area contributed by atoms with Gasteiger partial charge in [-0.1, -0.05) is 0 Å². The second-order valence-electron chi connectivity index (χ2n) is 4.81. The Morgan fingerprint density at radius 2 is 2.26 bits per heavy atom. The van der Waals surface area contributed by atoms with Crippen molar-refractivity contribution in [3.63, 3.8) is 0 Å². The average molecular weight is 264 g/mol. The summed E-state index contributed by atoms with van der Waals surface area (Å²) >= 11 is 0. The number of nitrogens with zero attached hydrogens (tertiary/aromatic N) is 1. The molecular formula is C14H20N2O3. The van der Waals surface area contributed by atoms with Crippen molar-refractivity contribution < 1.29 is 14.3 Å². The molecule has 1 heterocycles. The molecule has 1 aliphatic rings. The lowest BCUT2D eigenvalue weighted by molar-refractivity contribution is 0.0572. The van der Waals surface area contributed by atoms with Gasteiger partial charge in [0.2, 0.25) is 0 Å². The SMILES string of the molecule is COc1cc(N)ccc1C(=O)N(C)C1CCOC1C. The van der Waals surface area contributed by atoms with Crippen LogP contribution in [0.5, 0.6) is 5.75 Å². The number of likely N-dealkylation sites (N-methyl/N-ethyl adjacent to an activating group) is 1. The lowest BCUT2D eigenvalue weighted by Gasteiger charge is -2.27. The zero-order chi connectivity index (χ0) is 14.0. The minimum atomic E-state index is -0.0702. The van der Waals surface area contributed by atoms with Crippen LogP contribution >= 0.6 is 0 Å². The molecule has 1 fully saturated rings. The molecule has 0 saturated carbocycles. The highest BCUT2D eigenvalue weighted by atomic mass is 16.5. The molecule has 1 amide bonds. The lowest BCUT2D eigenvalue weighted by atomic mass is 10.1. The predicted octanol–water partition coefficient (Wildman–Crippen LogP) is 1.53. The first-order valence-corrected chi connectivity index (χ1v) is 6.37. The van der Waals surface area contributed by atoms with E-state index in [4.69, 9.17) is 15.2 Å². The summed E-state index contributed by atoms with van der Waals surface area (Å²) in [6, 6.07) is 5.18. The largest absolute Gasteiger partial charge is 0.496 e. The second kappa shape index (κ2) is 5.48. The maximum Gasteiger partial charge on any atom is 0.257 e. The number of carbonyl (C=O) groups excluding carboxylic acids is 1. The summed E-state index contributed by atoms with van der Waals surface area (Å²) in [5.74, 6) is 0.433. The van der Waals surface area contributed by atoms with Crippen LogP contribution in [-0.4, -0.2) is 43.7 Å². The van der Waals surface area contributed by atoms with Gasteiger partial charge in [0.25, 0.3) is 5.91 Å². The van der Waals surface area contributed by atoms with Gasteiger partial charge in [-0.05, 0) is 25.5 Å². The van der Waals surface area contributed by atoms with E-state index in [9.17, 15) is 4.79 Å². The van der Waals surface area contributed by atoms with Gasteiger partial charge in [-0.25, -0.2) is 0 Å². The van der Waals surface area contributed by atoms with Crippen LogP contribution in [0.2, 0.25) is 0 Å². The fourth-order valence-electron chi connectivity index (χ4n) is 2.45. The fourth-order valence-corrected chi connectivity index (χ4v) is 2.45. The highest BCUT2D eigenvalue weighted by Gasteiger charge is 2.31. The van der Waals surface area contributed by atoms with Crippen molar-refractivity contribution in [3.05, 3.63) is 23.8 Å². The van der Waals surface area contributed by atoms with E-state index in [0.29, 0.717) is 23.6 Å². The molecule has 19 heavy (non-hydrogen) atoms. The number of nitrogen functional groups attached to an aromatic ring is 1. The van der Waals surface area contributed by atoms with E-state index >= 15 is 0 Å². The van der Waals surface area contributed by atoms with E-state index in [2.05, 4.69) is 0 Å². The first-order valence-electron chi connectivity index (χ1n) is 6.37. The summed E-state index contributed by atoms with van der Waals surface area (Å²) in [5, 5.41) is 0. The molecule has 0 aromatic heterocycles. The van der Waals surface area contributed by atoms with Gasteiger partial charge < -0.3 is 20.1 Å². The Balaban J connectivity index is 2.23. The topological polar surface area (TPSA) is 64.8 Å². The molecule has 1 aromatic rings. The zero-order valence-electron chi connectivity index (χ0n) is 11.6. The van der Waals surface area contributed by atoms with Crippen LogP contribution in [0.25, 0.3) is 0 Å². The third-order valence-electron chi connectivity index (χ3n) is 3.61. The molecule has 104 valence electrons. The molecule has 0 aliphatic carbocycles. The molecular weight excluding hydrogens is 244 g/mol. The van der Waals surface area contributed by atoms with Crippen LogP contribution in [0.4, 0.5) is 5.69 Å². The molecule has 1 aromatic carbocycles. The van der Waals surface area contributed by atoms with Gasteiger partial charge in [-0.15, -0.1) is 0 Å². The monoisotopic (exact) mass is 264 g/mol. The van der Waals surface area contributed by atoms with Crippen LogP contribution in [0, 0.1) is 0 Å². The first kappa shape index (κ1) is 13.7. The van der Waals surface area contributed by atoms with Gasteiger partial charge in [0.1, 0.15) is 5.75 Å². The van der Waals surface area contributed by atoms with E-state index in [0.717, 1.165) is 6.42 Å². The van der Waals surface area contributed by atoms with Crippen LogP contribution in [-0.2, 0) is 4.74 Å². The van der Waals surface area contributed by atoms with Crippen molar-refractivity contribution in [1.29, 1.82) is 0 Å². The van der Waals surface area contributed by atoms with Crippen molar-refractivity contribution in [3.8, 4) is 5.75 Å². The predicted molar refractivity (Wildman–Crippen MR) is 73.3 cm³/mol. The van der Waals surface area contributed by atoms with Crippen molar-refractivity contribution in [2.45, 2.75) is 25.5 Å². The number of ether oxygens (including phenoxy) is 2. The number of benzene rings is 1. The van der Waals surface area contributed by atoms with E-state index in [1.165, 1.54) is 7.11 Å². The Labute approximate surface area is 113 Å². The van der Waals surface area contributed by atoms with Crippen molar-refractivity contribution >= 4 is 11.6 Å². The number of anilines is 1. The van der Waals surface area contributed by atoms with Gasteiger partial charge >= 0.3 is 0 Å². The molecule has 2 rings (SSSR count). The number of carbonyl (C=O) groups is 1. The molecule has 1 saturated heterocycles. The number of rotatable bonds is 3. The molecule has 1 aliphatic heterocycles. The molecule has 2 N–H and O–H groups in total. The van der Waals surface area contributed by atoms with Crippen LogP contribution < -0.4 is 10.5 Å². The van der Waals surface area contributed by atoms with Crippen molar-refractivity contribution in [1.82, 2.24) is 4.90 Å². The Kier molecular flexibility index (Phi) is 3.95. The van der Waals surface area contributed by atoms with E-state index in [-0.39, 0.29) is 18.1 Å².